The van der Waals surface area contributed by atoms with Crippen LogP contribution in [0.25, 0.3) is 0 Å². The zero-order chi connectivity index (χ0) is 13.6. The van der Waals surface area contributed by atoms with E-state index in [1.54, 1.807) is 0 Å². The third-order valence-corrected chi connectivity index (χ3v) is 3.66. The summed E-state index contributed by atoms with van der Waals surface area (Å²) in [5.41, 5.74) is 1.95. The van der Waals surface area contributed by atoms with Crippen molar-refractivity contribution in [3.8, 4) is 0 Å². The van der Waals surface area contributed by atoms with Gasteiger partial charge < -0.3 is 9.80 Å². The van der Waals surface area contributed by atoms with E-state index >= 15 is 0 Å². The molecule has 2 aliphatic heterocycles. The Bertz CT molecular complexity index is 562. The number of rotatable bonds is 2. The SMILES string of the molecule is CC(C)(C)C(=O)CN1C2=NCCN2c2ccccc21.Cl. The molecular weight excluding hydrogens is 274 g/mol. The summed E-state index contributed by atoms with van der Waals surface area (Å²) in [5.74, 6) is 1.16. The fourth-order valence-electron chi connectivity index (χ4n) is 2.46. The smallest absolute Gasteiger partial charge is 0.206 e. The number of anilines is 2. The molecule has 0 atom stereocenters. The van der Waals surface area contributed by atoms with E-state index in [9.17, 15) is 4.79 Å². The lowest BCUT2D eigenvalue weighted by Gasteiger charge is -2.23. The molecule has 0 N–H and O–H groups in total. The lowest BCUT2D eigenvalue weighted by atomic mass is 9.90. The van der Waals surface area contributed by atoms with Crippen LogP contribution in [-0.4, -0.2) is 31.4 Å². The van der Waals surface area contributed by atoms with Crippen LogP contribution in [0, 0.1) is 5.41 Å². The van der Waals surface area contributed by atoms with Crippen LogP contribution < -0.4 is 9.80 Å². The molecule has 0 amide bonds. The van der Waals surface area contributed by atoms with Gasteiger partial charge in [0, 0.05) is 12.0 Å². The molecule has 2 heterocycles. The first-order chi connectivity index (χ1) is 8.98. The lowest BCUT2D eigenvalue weighted by Crippen LogP contribution is -2.41. The number of fused-ring (bicyclic) bond motifs is 3. The van der Waals surface area contributed by atoms with Crippen molar-refractivity contribution in [1.29, 1.82) is 0 Å². The van der Waals surface area contributed by atoms with Gasteiger partial charge in [-0.05, 0) is 12.1 Å². The summed E-state index contributed by atoms with van der Waals surface area (Å²) in [5, 5.41) is 0. The standard InChI is InChI=1S/C15H19N3O.ClH/c1-15(2,3)13(19)10-18-12-7-5-4-6-11(12)17-9-8-16-14(17)18;/h4-7H,8-10H2,1-3H3;1H. The fourth-order valence-corrected chi connectivity index (χ4v) is 2.46. The highest BCUT2D eigenvalue weighted by molar-refractivity contribution is 6.19. The van der Waals surface area contributed by atoms with Crippen molar-refractivity contribution in [3.63, 3.8) is 0 Å². The third-order valence-electron chi connectivity index (χ3n) is 3.66. The van der Waals surface area contributed by atoms with Crippen LogP contribution in [0.1, 0.15) is 20.8 Å². The molecule has 0 bridgehead atoms. The summed E-state index contributed by atoms with van der Waals surface area (Å²) >= 11 is 0. The van der Waals surface area contributed by atoms with Crippen LogP contribution in [0.5, 0.6) is 0 Å². The summed E-state index contributed by atoms with van der Waals surface area (Å²) in [7, 11) is 0. The number of carbonyl (C=O) groups is 1. The number of ketones is 1. The Labute approximate surface area is 125 Å². The number of carbonyl (C=O) groups excluding carboxylic acids is 1. The predicted molar refractivity (Wildman–Crippen MR) is 85.1 cm³/mol. The third kappa shape index (κ3) is 2.29. The molecule has 108 valence electrons. The van der Waals surface area contributed by atoms with Crippen LogP contribution in [0.4, 0.5) is 11.4 Å². The molecular formula is C15H20ClN3O. The van der Waals surface area contributed by atoms with Gasteiger partial charge in [-0.2, -0.15) is 0 Å². The summed E-state index contributed by atoms with van der Waals surface area (Å²) < 4.78 is 0. The van der Waals surface area contributed by atoms with Crippen molar-refractivity contribution in [3.05, 3.63) is 24.3 Å². The fraction of sp³-hybridized carbons (Fsp3) is 0.467. The van der Waals surface area contributed by atoms with Crippen molar-refractivity contribution >= 4 is 35.5 Å². The minimum Gasteiger partial charge on any atom is -0.308 e. The Morgan fingerprint density at radius 2 is 1.90 bits per heavy atom. The molecule has 20 heavy (non-hydrogen) atoms. The summed E-state index contributed by atoms with van der Waals surface area (Å²) in [6.07, 6.45) is 0. The topological polar surface area (TPSA) is 35.9 Å². The van der Waals surface area contributed by atoms with Crippen molar-refractivity contribution < 1.29 is 4.79 Å². The largest absolute Gasteiger partial charge is 0.308 e. The number of aliphatic imine (C=N–C) groups is 1. The van der Waals surface area contributed by atoms with Crippen LogP contribution in [0.3, 0.4) is 0 Å². The molecule has 4 nitrogen and oxygen atoms in total. The summed E-state index contributed by atoms with van der Waals surface area (Å²) in [4.78, 5) is 21.1. The van der Waals surface area contributed by atoms with E-state index in [4.69, 9.17) is 0 Å². The first-order valence-electron chi connectivity index (χ1n) is 6.70. The zero-order valence-electron chi connectivity index (χ0n) is 12.1. The highest BCUT2D eigenvalue weighted by Crippen LogP contribution is 2.38. The number of Topliss-reactive ketones (excluding diaryl/α,β-unsaturated/α-hetero) is 1. The molecule has 0 unspecified atom stereocenters. The van der Waals surface area contributed by atoms with Gasteiger partial charge >= 0.3 is 0 Å². The van der Waals surface area contributed by atoms with Gasteiger partial charge in [-0.15, -0.1) is 12.4 Å². The number of nitrogens with zero attached hydrogens (tertiary/aromatic N) is 3. The Hall–Kier alpha value is -1.55. The van der Waals surface area contributed by atoms with Crippen LogP contribution in [-0.2, 0) is 4.79 Å². The highest BCUT2D eigenvalue weighted by atomic mass is 35.5. The number of guanidine groups is 1. The van der Waals surface area contributed by atoms with E-state index in [1.165, 1.54) is 5.69 Å². The van der Waals surface area contributed by atoms with Gasteiger partial charge in [-0.25, -0.2) is 0 Å². The Morgan fingerprint density at radius 3 is 2.55 bits per heavy atom. The second-order valence-electron chi connectivity index (χ2n) is 6.08. The van der Waals surface area contributed by atoms with Crippen molar-refractivity contribution in [2.45, 2.75) is 20.8 Å². The van der Waals surface area contributed by atoms with Crippen LogP contribution >= 0.6 is 12.4 Å². The minimum absolute atomic E-state index is 0. The minimum atomic E-state index is -0.318. The Balaban J connectivity index is 0.00000147. The summed E-state index contributed by atoms with van der Waals surface area (Å²) in [6.45, 7) is 8.01. The van der Waals surface area contributed by atoms with Gasteiger partial charge in [0.25, 0.3) is 0 Å². The monoisotopic (exact) mass is 293 g/mol. The molecule has 3 rings (SSSR count). The van der Waals surface area contributed by atoms with Crippen molar-refractivity contribution in [1.82, 2.24) is 0 Å². The van der Waals surface area contributed by atoms with Gasteiger partial charge in [0.15, 0.2) is 5.78 Å². The van der Waals surface area contributed by atoms with Crippen molar-refractivity contribution in [2.75, 3.05) is 29.4 Å². The predicted octanol–water partition coefficient (Wildman–Crippen LogP) is 2.72. The molecule has 0 spiro atoms. The normalized spacial score (nSPS) is 16.4. The van der Waals surface area contributed by atoms with Gasteiger partial charge in [0.2, 0.25) is 5.96 Å². The molecule has 1 aromatic carbocycles. The number of halogens is 1. The molecule has 2 aliphatic rings. The van der Waals surface area contributed by atoms with Gasteiger partial charge in [0.1, 0.15) is 0 Å². The van der Waals surface area contributed by atoms with Gasteiger partial charge in [-0.1, -0.05) is 32.9 Å². The molecule has 0 saturated heterocycles. The van der Waals surface area contributed by atoms with E-state index in [0.717, 1.165) is 24.7 Å². The first-order valence-corrected chi connectivity index (χ1v) is 6.70. The molecule has 0 aliphatic carbocycles. The van der Waals surface area contributed by atoms with Crippen LogP contribution in [0.2, 0.25) is 0 Å². The maximum absolute atomic E-state index is 12.3. The molecule has 0 fully saturated rings. The van der Waals surface area contributed by atoms with Crippen LogP contribution in [0.15, 0.2) is 29.3 Å². The average molecular weight is 294 g/mol. The van der Waals surface area contributed by atoms with Gasteiger partial charge in [-0.3, -0.25) is 9.79 Å². The first kappa shape index (κ1) is 14.9. The van der Waals surface area contributed by atoms with E-state index in [1.807, 2.05) is 32.9 Å². The Morgan fingerprint density at radius 1 is 1.25 bits per heavy atom. The lowest BCUT2D eigenvalue weighted by molar-refractivity contribution is -0.124. The second-order valence-corrected chi connectivity index (χ2v) is 6.08. The molecule has 0 saturated carbocycles. The second kappa shape index (κ2) is 5.09. The number of para-hydroxylation sites is 2. The average Bonchev–Trinajstić information content (AvgIpc) is 2.91. The quantitative estimate of drug-likeness (QED) is 0.841. The number of hydrogen-bond acceptors (Lipinski definition) is 4. The number of hydrogen-bond donors (Lipinski definition) is 0. The maximum Gasteiger partial charge on any atom is 0.206 e. The van der Waals surface area contributed by atoms with E-state index in [2.05, 4.69) is 26.9 Å². The Kier molecular flexibility index (Phi) is 3.78. The van der Waals surface area contributed by atoms with Crippen molar-refractivity contribution in [2.24, 2.45) is 10.4 Å². The zero-order valence-corrected chi connectivity index (χ0v) is 12.9. The molecule has 0 aromatic heterocycles. The van der Waals surface area contributed by atoms with E-state index < -0.39 is 0 Å². The van der Waals surface area contributed by atoms with E-state index in [-0.39, 0.29) is 23.6 Å². The number of benzene rings is 1. The van der Waals surface area contributed by atoms with E-state index in [0.29, 0.717) is 6.54 Å². The molecule has 1 aromatic rings. The maximum atomic E-state index is 12.3. The molecule has 5 heteroatoms. The molecule has 0 radical (unpaired) electrons. The highest BCUT2D eigenvalue weighted by Gasteiger charge is 2.37. The van der Waals surface area contributed by atoms with Gasteiger partial charge in [0.05, 0.1) is 24.5 Å². The summed E-state index contributed by atoms with van der Waals surface area (Å²) in [6, 6.07) is 8.20.